The molecule has 0 aliphatic carbocycles. The number of aliphatic hydroxyl groups is 1. The molecule has 3 nitrogen and oxygen atoms in total. The Labute approximate surface area is 112 Å². The molecule has 0 unspecified atom stereocenters. The van der Waals surface area contributed by atoms with Crippen molar-refractivity contribution in [2.24, 2.45) is 0 Å². The molecule has 0 radical (unpaired) electrons. The van der Waals surface area contributed by atoms with Gasteiger partial charge in [-0.25, -0.2) is 4.68 Å². The second-order valence-electron chi connectivity index (χ2n) is 4.35. The van der Waals surface area contributed by atoms with Crippen molar-refractivity contribution < 1.29 is 5.11 Å². The molecule has 18 heavy (non-hydrogen) atoms. The van der Waals surface area contributed by atoms with Gasteiger partial charge in [0.15, 0.2) is 0 Å². The van der Waals surface area contributed by atoms with E-state index < -0.39 is 0 Å². The molecule has 0 bridgehead atoms. The molecule has 0 aliphatic heterocycles. The van der Waals surface area contributed by atoms with Crippen molar-refractivity contribution in [3.8, 4) is 5.69 Å². The molecule has 0 amide bonds. The molecule has 0 fully saturated rings. The van der Waals surface area contributed by atoms with Crippen LogP contribution in [0.2, 0.25) is 5.02 Å². The Kier molecular flexibility index (Phi) is 3.73. The first-order valence-electron chi connectivity index (χ1n) is 6.03. The van der Waals surface area contributed by atoms with Gasteiger partial charge < -0.3 is 5.11 Å². The first-order chi connectivity index (χ1) is 8.58. The molecule has 2 aromatic rings. The van der Waals surface area contributed by atoms with Crippen LogP contribution in [0.4, 0.5) is 0 Å². The number of hydrogen-bond acceptors (Lipinski definition) is 2. The Morgan fingerprint density at radius 2 is 2.06 bits per heavy atom. The fourth-order valence-electron chi connectivity index (χ4n) is 2.29. The summed E-state index contributed by atoms with van der Waals surface area (Å²) in [6.07, 6.45) is 0.951. The lowest BCUT2D eigenvalue weighted by molar-refractivity contribution is 0.281. The molecular weight excluding hydrogens is 248 g/mol. The van der Waals surface area contributed by atoms with Gasteiger partial charge in [-0.3, -0.25) is 0 Å². The SMILES string of the molecule is CCc1c(C)nn(-c2cc(Cl)ccc2CO)c1C. The largest absolute Gasteiger partial charge is 0.392 e. The molecule has 0 spiro atoms. The second kappa shape index (κ2) is 5.12. The van der Waals surface area contributed by atoms with Gasteiger partial charge >= 0.3 is 0 Å². The quantitative estimate of drug-likeness (QED) is 0.925. The number of halogens is 1. The topological polar surface area (TPSA) is 38.0 Å². The third kappa shape index (κ3) is 2.16. The van der Waals surface area contributed by atoms with E-state index in [0.29, 0.717) is 5.02 Å². The molecule has 1 aromatic carbocycles. The summed E-state index contributed by atoms with van der Waals surface area (Å²) < 4.78 is 1.87. The van der Waals surface area contributed by atoms with Crippen molar-refractivity contribution >= 4 is 11.6 Å². The molecule has 1 aromatic heterocycles. The average Bonchev–Trinajstić information content (AvgIpc) is 2.64. The van der Waals surface area contributed by atoms with Crippen LogP contribution in [0, 0.1) is 13.8 Å². The Morgan fingerprint density at radius 1 is 1.33 bits per heavy atom. The van der Waals surface area contributed by atoms with Gasteiger partial charge in [0.25, 0.3) is 0 Å². The third-order valence-corrected chi connectivity index (χ3v) is 3.48. The summed E-state index contributed by atoms with van der Waals surface area (Å²) in [5.74, 6) is 0. The number of nitrogens with zero attached hydrogens (tertiary/aromatic N) is 2. The van der Waals surface area contributed by atoms with Crippen molar-refractivity contribution in [2.45, 2.75) is 33.8 Å². The number of rotatable bonds is 3. The van der Waals surface area contributed by atoms with Gasteiger partial charge in [0.2, 0.25) is 0 Å². The average molecular weight is 265 g/mol. The number of hydrogen-bond donors (Lipinski definition) is 1. The zero-order valence-corrected chi connectivity index (χ0v) is 11.6. The standard InChI is InChI=1S/C14H17ClN2O/c1-4-13-9(2)16-17(10(13)3)14-7-12(15)6-5-11(14)8-18/h5-7,18H,4,8H2,1-3H3. The lowest BCUT2D eigenvalue weighted by Crippen LogP contribution is -2.04. The third-order valence-electron chi connectivity index (χ3n) is 3.24. The number of benzene rings is 1. The van der Waals surface area contributed by atoms with E-state index in [0.717, 1.165) is 29.1 Å². The van der Waals surface area contributed by atoms with Crippen molar-refractivity contribution in [3.05, 3.63) is 45.7 Å². The van der Waals surface area contributed by atoms with Crippen molar-refractivity contribution in [1.82, 2.24) is 9.78 Å². The molecule has 2 rings (SSSR count). The van der Waals surface area contributed by atoms with E-state index in [-0.39, 0.29) is 6.61 Å². The molecular formula is C14H17ClN2O. The fraction of sp³-hybridized carbons (Fsp3) is 0.357. The smallest absolute Gasteiger partial charge is 0.0718 e. The van der Waals surface area contributed by atoms with Crippen LogP contribution in [0.15, 0.2) is 18.2 Å². The van der Waals surface area contributed by atoms with Crippen LogP contribution in [0.3, 0.4) is 0 Å². The van der Waals surface area contributed by atoms with E-state index in [1.807, 2.05) is 30.7 Å². The Bertz CT molecular complexity index is 575. The maximum absolute atomic E-state index is 9.41. The lowest BCUT2D eigenvalue weighted by Gasteiger charge is -2.10. The molecule has 1 heterocycles. The predicted octanol–water partition coefficient (Wildman–Crippen LogP) is 3.20. The number of aliphatic hydroxyl groups excluding tert-OH is 1. The van der Waals surface area contributed by atoms with E-state index in [4.69, 9.17) is 11.6 Å². The minimum absolute atomic E-state index is 0.0215. The Morgan fingerprint density at radius 3 is 2.61 bits per heavy atom. The molecule has 0 aliphatic rings. The monoisotopic (exact) mass is 264 g/mol. The number of aromatic nitrogens is 2. The maximum Gasteiger partial charge on any atom is 0.0718 e. The summed E-state index contributed by atoms with van der Waals surface area (Å²) in [5, 5.41) is 14.6. The molecule has 4 heteroatoms. The van der Waals surface area contributed by atoms with Crippen LogP contribution in [-0.4, -0.2) is 14.9 Å². The summed E-state index contributed by atoms with van der Waals surface area (Å²) in [6.45, 7) is 6.14. The lowest BCUT2D eigenvalue weighted by atomic mass is 10.1. The van der Waals surface area contributed by atoms with Gasteiger partial charge in [0, 0.05) is 16.3 Å². The van der Waals surface area contributed by atoms with Crippen molar-refractivity contribution in [2.75, 3.05) is 0 Å². The van der Waals surface area contributed by atoms with Gasteiger partial charge in [-0.1, -0.05) is 24.6 Å². The summed E-state index contributed by atoms with van der Waals surface area (Å²) >= 11 is 6.03. The fourth-order valence-corrected chi connectivity index (χ4v) is 2.46. The summed E-state index contributed by atoms with van der Waals surface area (Å²) in [7, 11) is 0. The van der Waals surface area contributed by atoms with Crippen LogP contribution >= 0.6 is 11.6 Å². The zero-order valence-electron chi connectivity index (χ0n) is 10.9. The van der Waals surface area contributed by atoms with Gasteiger partial charge in [-0.15, -0.1) is 0 Å². The molecule has 0 saturated carbocycles. The van der Waals surface area contributed by atoms with E-state index in [9.17, 15) is 5.11 Å². The summed E-state index contributed by atoms with van der Waals surface area (Å²) in [6, 6.07) is 5.45. The van der Waals surface area contributed by atoms with E-state index in [1.165, 1.54) is 5.56 Å². The van der Waals surface area contributed by atoms with Crippen LogP contribution in [-0.2, 0) is 13.0 Å². The summed E-state index contributed by atoms with van der Waals surface area (Å²) in [4.78, 5) is 0. The van der Waals surface area contributed by atoms with Crippen molar-refractivity contribution in [3.63, 3.8) is 0 Å². The molecule has 0 atom stereocenters. The first-order valence-corrected chi connectivity index (χ1v) is 6.41. The predicted molar refractivity (Wildman–Crippen MR) is 73.3 cm³/mol. The van der Waals surface area contributed by atoms with E-state index >= 15 is 0 Å². The highest BCUT2D eigenvalue weighted by Gasteiger charge is 2.13. The van der Waals surface area contributed by atoms with Gasteiger partial charge in [0.05, 0.1) is 18.0 Å². The van der Waals surface area contributed by atoms with Crippen molar-refractivity contribution in [1.29, 1.82) is 0 Å². The Hall–Kier alpha value is -1.32. The van der Waals surface area contributed by atoms with Crippen LogP contribution in [0.5, 0.6) is 0 Å². The molecule has 1 N–H and O–H groups in total. The summed E-state index contributed by atoms with van der Waals surface area (Å²) in [5.41, 5.74) is 5.06. The minimum Gasteiger partial charge on any atom is -0.392 e. The molecule has 0 saturated heterocycles. The van der Waals surface area contributed by atoms with Gasteiger partial charge in [-0.05, 0) is 38.0 Å². The Balaban J connectivity index is 2.65. The second-order valence-corrected chi connectivity index (χ2v) is 4.78. The minimum atomic E-state index is -0.0215. The number of aryl methyl sites for hydroxylation is 1. The highest BCUT2D eigenvalue weighted by Crippen LogP contribution is 2.24. The van der Waals surface area contributed by atoms with E-state index in [2.05, 4.69) is 12.0 Å². The van der Waals surface area contributed by atoms with E-state index in [1.54, 1.807) is 6.07 Å². The zero-order chi connectivity index (χ0) is 13.3. The molecule has 96 valence electrons. The maximum atomic E-state index is 9.41. The highest BCUT2D eigenvalue weighted by molar-refractivity contribution is 6.30. The normalized spacial score (nSPS) is 10.9. The van der Waals surface area contributed by atoms with Crippen LogP contribution < -0.4 is 0 Å². The first kappa shape index (κ1) is 13.1. The van der Waals surface area contributed by atoms with Crippen LogP contribution in [0.25, 0.3) is 5.69 Å². The van der Waals surface area contributed by atoms with Gasteiger partial charge in [-0.2, -0.15) is 5.10 Å². The van der Waals surface area contributed by atoms with Gasteiger partial charge in [0.1, 0.15) is 0 Å². The highest BCUT2D eigenvalue weighted by atomic mass is 35.5. The van der Waals surface area contributed by atoms with Crippen LogP contribution in [0.1, 0.15) is 29.4 Å².